The van der Waals surface area contributed by atoms with Gasteiger partial charge in [0, 0.05) is 12.6 Å². The molecule has 0 bridgehead atoms. The van der Waals surface area contributed by atoms with Crippen LogP contribution >= 0.6 is 0 Å². The predicted molar refractivity (Wildman–Crippen MR) is 77.9 cm³/mol. The summed E-state index contributed by atoms with van der Waals surface area (Å²) >= 11 is 0. The molecular weight excluding hydrogens is 252 g/mol. The van der Waals surface area contributed by atoms with E-state index < -0.39 is 0 Å². The summed E-state index contributed by atoms with van der Waals surface area (Å²) in [5.41, 5.74) is 1.35. The largest absolute Gasteiger partial charge is 0.462 e. The van der Waals surface area contributed by atoms with Gasteiger partial charge in [0.1, 0.15) is 12.0 Å². The number of ether oxygens (including phenoxy) is 2. The van der Waals surface area contributed by atoms with Gasteiger partial charge in [-0.3, -0.25) is 4.90 Å². The molecule has 2 aliphatic rings. The van der Waals surface area contributed by atoms with E-state index in [2.05, 4.69) is 40.5 Å². The van der Waals surface area contributed by atoms with Gasteiger partial charge >= 0.3 is 0 Å². The first kappa shape index (κ1) is 13.5. The van der Waals surface area contributed by atoms with Crippen molar-refractivity contribution in [2.75, 3.05) is 26.4 Å². The average Bonchev–Trinajstić information content (AvgIpc) is 3.02. The summed E-state index contributed by atoms with van der Waals surface area (Å²) in [6.45, 7) is 4.37. The summed E-state index contributed by atoms with van der Waals surface area (Å²) < 4.78 is 10.7. The van der Waals surface area contributed by atoms with Crippen LogP contribution < -0.4 is 5.32 Å². The van der Waals surface area contributed by atoms with Crippen LogP contribution in [0.1, 0.15) is 18.4 Å². The van der Waals surface area contributed by atoms with E-state index >= 15 is 0 Å². The molecule has 0 spiro atoms. The van der Waals surface area contributed by atoms with Crippen molar-refractivity contribution < 1.29 is 9.47 Å². The topological polar surface area (TPSA) is 33.7 Å². The number of nitrogens with one attached hydrogen (secondary N) is 1. The molecule has 0 unspecified atom stereocenters. The van der Waals surface area contributed by atoms with Crippen LogP contribution in [0.2, 0.25) is 0 Å². The van der Waals surface area contributed by atoms with Gasteiger partial charge in [-0.25, -0.2) is 0 Å². The summed E-state index contributed by atoms with van der Waals surface area (Å²) in [6, 6.07) is 11.3. The first-order valence-electron chi connectivity index (χ1n) is 7.34. The zero-order valence-corrected chi connectivity index (χ0v) is 11.8. The monoisotopic (exact) mass is 274 g/mol. The standard InChI is InChI=1S/C16H22N2O2/c1-2-4-14(5-3-1)10-18(11-16-12-19-13-20-16)15-6-8-17-9-7-15/h1-5,12,15,17H,6-11,13H2. The van der Waals surface area contributed by atoms with Crippen LogP contribution in [0.3, 0.4) is 0 Å². The van der Waals surface area contributed by atoms with Crippen LogP contribution in [0.4, 0.5) is 0 Å². The number of rotatable bonds is 5. The molecule has 0 saturated carbocycles. The third kappa shape index (κ3) is 3.52. The summed E-state index contributed by atoms with van der Waals surface area (Å²) in [6.07, 6.45) is 4.14. The van der Waals surface area contributed by atoms with E-state index in [9.17, 15) is 0 Å². The Morgan fingerprint density at radius 3 is 2.60 bits per heavy atom. The molecule has 1 aromatic rings. The van der Waals surface area contributed by atoms with Crippen LogP contribution in [0, 0.1) is 0 Å². The second-order valence-electron chi connectivity index (χ2n) is 5.38. The molecule has 1 aromatic carbocycles. The van der Waals surface area contributed by atoms with E-state index in [0.29, 0.717) is 12.8 Å². The van der Waals surface area contributed by atoms with Gasteiger partial charge in [0.2, 0.25) is 6.79 Å². The third-order valence-electron chi connectivity index (χ3n) is 3.94. The predicted octanol–water partition coefficient (Wildman–Crippen LogP) is 2.09. The molecule has 1 saturated heterocycles. The van der Waals surface area contributed by atoms with E-state index in [-0.39, 0.29) is 0 Å². The fourth-order valence-electron chi connectivity index (χ4n) is 2.86. The molecule has 108 valence electrons. The first-order chi connectivity index (χ1) is 9.92. The van der Waals surface area contributed by atoms with Crippen molar-refractivity contribution in [1.82, 2.24) is 10.2 Å². The van der Waals surface area contributed by atoms with Gasteiger partial charge in [-0.15, -0.1) is 0 Å². The van der Waals surface area contributed by atoms with E-state index in [1.165, 1.54) is 18.4 Å². The molecule has 20 heavy (non-hydrogen) atoms. The lowest BCUT2D eigenvalue weighted by atomic mass is 10.0. The first-order valence-corrected chi connectivity index (χ1v) is 7.34. The number of hydrogen-bond acceptors (Lipinski definition) is 4. The average molecular weight is 274 g/mol. The quantitative estimate of drug-likeness (QED) is 0.891. The maximum Gasteiger partial charge on any atom is 0.229 e. The molecule has 0 amide bonds. The Labute approximate surface area is 120 Å². The Kier molecular flexibility index (Phi) is 4.56. The number of nitrogens with zero attached hydrogens (tertiary/aromatic N) is 1. The Hall–Kier alpha value is -1.52. The molecule has 2 aliphatic heterocycles. The normalized spacial score (nSPS) is 19.6. The van der Waals surface area contributed by atoms with Gasteiger partial charge in [0.05, 0.1) is 6.54 Å². The van der Waals surface area contributed by atoms with E-state index in [4.69, 9.17) is 9.47 Å². The van der Waals surface area contributed by atoms with E-state index in [1.54, 1.807) is 6.26 Å². The van der Waals surface area contributed by atoms with Crippen LogP contribution in [0.15, 0.2) is 42.4 Å². The minimum atomic E-state index is 0.362. The van der Waals surface area contributed by atoms with Crippen LogP contribution in [0.5, 0.6) is 0 Å². The second kappa shape index (κ2) is 6.77. The smallest absolute Gasteiger partial charge is 0.229 e. The van der Waals surface area contributed by atoms with Crippen molar-refractivity contribution >= 4 is 0 Å². The molecular formula is C16H22N2O2. The van der Waals surface area contributed by atoms with Gasteiger partial charge in [-0.05, 0) is 31.5 Å². The fraction of sp³-hybridized carbons (Fsp3) is 0.500. The summed E-state index contributed by atoms with van der Waals surface area (Å²) in [4.78, 5) is 2.51. The highest BCUT2D eigenvalue weighted by Gasteiger charge is 2.23. The lowest BCUT2D eigenvalue weighted by Gasteiger charge is -2.34. The molecule has 4 nitrogen and oxygen atoms in total. The highest BCUT2D eigenvalue weighted by atomic mass is 16.7. The van der Waals surface area contributed by atoms with E-state index in [1.807, 2.05) is 0 Å². The minimum Gasteiger partial charge on any atom is -0.462 e. The van der Waals surface area contributed by atoms with Crippen molar-refractivity contribution in [2.24, 2.45) is 0 Å². The summed E-state index contributed by atoms with van der Waals surface area (Å²) in [5.74, 6) is 0.944. The highest BCUT2D eigenvalue weighted by molar-refractivity contribution is 5.15. The fourth-order valence-corrected chi connectivity index (χ4v) is 2.86. The molecule has 2 heterocycles. The van der Waals surface area contributed by atoms with Crippen molar-refractivity contribution in [2.45, 2.75) is 25.4 Å². The molecule has 0 aromatic heterocycles. The Bertz CT molecular complexity index is 441. The SMILES string of the molecule is C1=C(CN(Cc2ccccc2)C2CCNCC2)OCO1. The number of benzene rings is 1. The molecule has 1 N–H and O–H groups in total. The minimum absolute atomic E-state index is 0.362. The third-order valence-corrected chi connectivity index (χ3v) is 3.94. The highest BCUT2D eigenvalue weighted by Crippen LogP contribution is 2.19. The van der Waals surface area contributed by atoms with Crippen molar-refractivity contribution in [3.8, 4) is 0 Å². The maximum atomic E-state index is 5.49. The van der Waals surface area contributed by atoms with Crippen molar-refractivity contribution in [3.05, 3.63) is 47.9 Å². The van der Waals surface area contributed by atoms with Crippen molar-refractivity contribution in [3.63, 3.8) is 0 Å². The van der Waals surface area contributed by atoms with Gasteiger partial charge in [-0.2, -0.15) is 0 Å². The van der Waals surface area contributed by atoms with Crippen LogP contribution in [-0.4, -0.2) is 37.4 Å². The molecule has 0 aliphatic carbocycles. The molecule has 4 heteroatoms. The maximum absolute atomic E-state index is 5.49. The van der Waals surface area contributed by atoms with Crippen molar-refractivity contribution in [1.29, 1.82) is 0 Å². The van der Waals surface area contributed by atoms with Gasteiger partial charge in [0.15, 0.2) is 0 Å². The second-order valence-corrected chi connectivity index (χ2v) is 5.38. The van der Waals surface area contributed by atoms with Crippen LogP contribution in [-0.2, 0) is 16.0 Å². The number of hydrogen-bond donors (Lipinski definition) is 1. The lowest BCUT2D eigenvalue weighted by Crippen LogP contribution is -2.43. The zero-order valence-electron chi connectivity index (χ0n) is 11.8. The summed E-state index contributed by atoms with van der Waals surface area (Å²) in [7, 11) is 0. The Morgan fingerprint density at radius 2 is 1.90 bits per heavy atom. The zero-order chi connectivity index (χ0) is 13.6. The van der Waals surface area contributed by atoms with Gasteiger partial charge in [-0.1, -0.05) is 30.3 Å². The number of piperidine rings is 1. The van der Waals surface area contributed by atoms with Gasteiger partial charge < -0.3 is 14.8 Å². The molecule has 0 atom stereocenters. The van der Waals surface area contributed by atoms with E-state index in [0.717, 1.165) is 31.9 Å². The van der Waals surface area contributed by atoms with Gasteiger partial charge in [0.25, 0.3) is 0 Å². The molecule has 3 rings (SSSR count). The molecule has 0 radical (unpaired) electrons. The lowest BCUT2D eigenvalue weighted by molar-refractivity contribution is 0.0648. The summed E-state index contributed by atoms with van der Waals surface area (Å²) in [5, 5.41) is 3.43. The van der Waals surface area contributed by atoms with Crippen LogP contribution in [0.25, 0.3) is 0 Å². The Morgan fingerprint density at radius 1 is 1.10 bits per heavy atom. The molecule has 1 fully saturated rings. The Balaban J connectivity index is 1.68.